The van der Waals surface area contributed by atoms with Crippen molar-refractivity contribution >= 4 is 23.0 Å². The highest BCUT2D eigenvalue weighted by atomic mass is 35.5. The van der Waals surface area contributed by atoms with Gasteiger partial charge in [-0.3, -0.25) is 10.1 Å². The number of nitro benzene ring substituents is 1. The van der Waals surface area contributed by atoms with E-state index in [1.165, 1.54) is 12.1 Å². The van der Waals surface area contributed by atoms with E-state index in [0.717, 1.165) is 11.1 Å². The number of nitro groups is 1. The van der Waals surface area contributed by atoms with Crippen LogP contribution in [0.25, 0.3) is 0 Å². The van der Waals surface area contributed by atoms with Crippen LogP contribution in [0.4, 0.5) is 11.4 Å². The van der Waals surface area contributed by atoms with Crippen molar-refractivity contribution in [3.05, 3.63) is 68.7 Å². The Labute approximate surface area is 127 Å². The molecule has 0 aliphatic rings. The Morgan fingerprint density at radius 3 is 2.71 bits per heavy atom. The molecule has 6 heteroatoms. The number of rotatable bonds is 6. The number of hydrogen-bond acceptors (Lipinski definition) is 4. The van der Waals surface area contributed by atoms with Crippen LogP contribution < -0.4 is 5.32 Å². The van der Waals surface area contributed by atoms with E-state index in [-0.39, 0.29) is 10.7 Å². The second kappa shape index (κ2) is 7.06. The number of nitrogens with zero attached hydrogens (tertiary/aromatic N) is 1. The van der Waals surface area contributed by atoms with Crippen molar-refractivity contribution in [1.82, 2.24) is 0 Å². The van der Waals surface area contributed by atoms with Gasteiger partial charge in [-0.05, 0) is 23.3 Å². The first-order valence-corrected chi connectivity index (χ1v) is 6.72. The minimum absolute atomic E-state index is 0.102. The van der Waals surface area contributed by atoms with Crippen LogP contribution in [0.3, 0.4) is 0 Å². The van der Waals surface area contributed by atoms with Crippen LogP contribution in [0.1, 0.15) is 11.1 Å². The van der Waals surface area contributed by atoms with Gasteiger partial charge >= 0.3 is 0 Å². The molecule has 1 N–H and O–H groups in total. The summed E-state index contributed by atoms with van der Waals surface area (Å²) in [7, 11) is 1.65. The quantitative estimate of drug-likeness (QED) is 0.647. The molecule has 0 aliphatic heterocycles. The smallest absolute Gasteiger partial charge is 0.289 e. The summed E-state index contributed by atoms with van der Waals surface area (Å²) in [4.78, 5) is 10.4. The third-order valence-electron chi connectivity index (χ3n) is 2.94. The standard InChI is InChI=1S/C15H15ClN2O3/c1-21-10-12-4-2-3-11(7-12)9-17-13-5-6-14(16)15(8-13)18(19)20/h2-8,17H,9-10H2,1H3. The molecule has 110 valence electrons. The van der Waals surface area contributed by atoms with Crippen molar-refractivity contribution in [3.63, 3.8) is 0 Å². The molecule has 2 aromatic carbocycles. The Kier molecular flexibility index (Phi) is 5.14. The van der Waals surface area contributed by atoms with Gasteiger partial charge < -0.3 is 10.1 Å². The Balaban J connectivity index is 2.07. The lowest BCUT2D eigenvalue weighted by Gasteiger charge is -2.08. The zero-order valence-corrected chi connectivity index (χ0v) is 12.3. The first kappa shape index (κ1) is 15.3. The van der Waals surface area contributed by atoms with Crippen LogP contribution in [0, 0.1) is 10.1 Å². The van der Waals surface area contributed by atoms with E-state index in [9.17, 15) is 10.1 Å². The monoisotopic (exact) mass is 306 g/mol. The lowest BCUT2D eigenvalue weighted by atomic mass is 10.1. The zero-order valence-electron chi connectivity index (χ0n) is 11.5. The second-order valence-electron chi connectivity index (χ2n) is 4.53. The van der Waals surface area contributed by atoms with Crippen molar-refractivity contribution in [2.75, 3.05) is 12.4 Å². The van der Waals surface area contributed by atoms with Crippen LogP contribution in [0.2, 0.25) is 5.02 Å². The van der Waals surface area contributed by atoms with Crippen molar-refractivity contribution < 1.29 is 9.66 Å². The minimum Gasteiger partial charge on any atom is -0.381 e. The molecule has 0 fully saturated rings. The van der Waals surface area contributed by atoms with Gasteiger partial charge in [-0.2, -0.15) is 0 Å². The first-order valence-electron chi connectivity index (χ1n) is 6.34. The third-order valence-corrected chi connectivity index (χ3v) is 3.26. The molecule has 0 atom stereocenters. The first-order chi connectivity index (χ1) is 10.1. The predicted molar refractivity (Wildman–Crippen MR) is 82.6 cm³/mol. The maximum absolute atomic E-state index is 10.8. The molecule has 0 saturated carbocycles. The number of nitrogens with one attached hydrogen (secondary N) is 1. The van der Waals surface area contributed by atoms with Crippen LogP contribution in [-0.4, -0.2) is 12.0 Å². The van der Waals surface area contributed by atoms with E-state index in [1.54, 1.807) is 13.2 Å². The summed E-state index contributed by atoms with van der Waals surface area (Å²) in [6.45, 7) is 1.12. The SMILES string of the molecule is COCc1cccc(CNc2ccc(Cl)c([N+](=O)[O-])c2)c1. The molecule has 5 nitrogen and oxygen atoms in total. The normalized spacial score (nSPS) is 10.4. The van der Waals surface area contributed by atoms with Gasteiger partial charge in [0.15, 0.2) is 0 Å². The fraction of sp³-hybridized carbons (Fsp3) is 0.200. The molecule has 2 rings (SSSR count). The minimum atomic E-state index is -0.493. The number of methoxy groups -OCH3 is 1. The largest absolute Gasteiger partial charge is 0.381 e. The Hall–Kier alpha value is -2.11. The molecule has 21 heavy (non-hydrogen) atoms. The number of benzene rings is 2. The fourth-order valence-electron chi connectivity index (χ4n) is 1.96. The summed E-state index contributed by atoms with van der Waals surface area (Å²) in [6, 6.07) is 12.6. The summed E-state index contributed by atoms with van der Waals surface area (Å²) in [5, 5.41) is 14.1. The molecule has 0 saturated heterocycles. The zero-order chi connectivity index (χ0) is 15.2. The van der Waals surface area contributed by atoms with Crippen LogP contribution >= 0.6 is 11.6 Å². The lowest BCUT2D eigenvalue weighted by Crippen LogP contribution is -2.01. The summed E-state index contributed by atoms with van der Waals surface area (Å²) >= 11 is 5.78. The van der Waals surface area contributed by atoms with Gasteiger partial charge in [0.25, 0.3) is 5.69 Å². The average molecular weight is 307 g/mol. The number of ether oxygens (including phenoxy) is 1. The third kappa shape index (κ3) is 4.18. The lowest BCUT2D eigenvalue weighted by molar-refractivity contribution is -0.384. The van der Waals surface area contributed by atoms with Gasteiger partial charge in [-0.1, -0.05) is 35.9 Å². The molecule has 0 unspecified atom stereocenters. The molecule has 2 aromatic rings. The molecule has 0 radical (unpaired) electrons. The van der Waals surface area contributed by atoms with Gasteiger partial charge in [-0.25, -0.2) is 0 Å². The van der Waals surface area contributed by atoms with Crippen LogP contribution in [0.5, 0.6) is 0 Å². The number of hydrogen-bond donors (Lipinski definition) is 1. The average Bonchev–Trinajstić information content (AvgIpc) is 2.47. The number of halogens is 1. The van der Waals surface area contributed by atoms with E-state index >= 15 is 0 Å². The molecular formula is C15H15ClN2O3. The van der Waals surface area contributed by atoms with E-state index < -0.39 is 4.92 Å². The molecule has 0 bridgehead atoms. The van der Waals surface area contributed by atoms with Crippen molar-refractivity contribution in [3.8, 4) is 0 Å². The summed E-state index contributed by atoms with van der Waals surface area (Å²) in [6.07, 6.45) is 0. The van der Waals surface area contributed by atoms with Crippen LogP contribution in [-0.2, 0) is 17.9 Å². The number of anilines is 1. The Bertz CT molecular complexity index is 647. The van der Waals surface area contributed by atoms with E-state index in [1.807, 2.05) is 24.3 Å². The molecule has 0 aromatic heterocycles. The van der Waals surface area contributed by atoms with E-state index in [4.69, 9.17) is 16.3 Å². The second-order valence-corrected chi connectivity index (χ2v) is 4.94. The summed E-state index contributed by atoms with van der Waals surface area (Å²) < 4.78 is 5.09. The maximum Gasteiger partial charge on any atom is 0.289 e. The van der Waals surface area contributed by atoms with Crippen LogP contribution in [0.15, 0.2) is 42.5 Å². The van der Waals surface area contributed by atoms with Crippen molar-refractivity contribution in [1.29, 1.82) is 0 Å². The molecule has 0 amide bonds. The van der Waals surface area contributed by atoms with E-state index in [2.05, 4.69) is 5.32 Å². The van der Waals surface area contributed by atoms with E-state index in [0.29, 0.717) is 18.8 Å². The molecule has 0 aliphatic carbocycles. The van der Waals surface area contributed by atoms with Gasteiger partial charge in [-0.15, -0.1) is 0 Å². The highest BCUT2D eigenvalue weighted by Gasteiger charge is 2.12. The predicted octanol–water partition coefficient (Wildman–Crippen LogP) is 4.01. The van der Waals surface area contributed by atoms with Crippen molar-refractivity contribution in [2.45, 2.75) is 13.2 Å². The van der Waals surface area contributed by atoms with Gasteiger partial charge in [0.2, 0.25) is 0 Å². The topological polar surface area (TPSA) is 64.4 Å². The van der Waals surface area contributed by atoms with Gasteiger partial charge in [0.05, 0.1) is 11.5 Å². The molecule has 0 heterocycles. The Morgan fingerprint density at radius 1 is 1.24 bits per heavy atom. The molecular weight excluding hydrogens is 292 g/mol. The fourth-order valence-corrected chi connectivity index (χ4v) is 2.15. The maximum atomic E-state index is 10.8. The van der Waals surface area contributed by atoms with Gasteiger partial charge in [0, 0.05) is 25.4 Å². The summed E-state index contributed by atoms with van der Waals surface area (Å²) in [5.41, 5.74) is 2.71. The Morgan fingerprint density at radius 2 is 2.00 bits per heavy atom. The van der Waals surface area contributed by atoms with Gasteiger partial charge in [0.1, 0.15) is 5.02 Å². The van der Waals surface area contributed by atoms with Crippen molar-refractivity contribution in [2.24, 2.45) is 0 Å². The highest BCUT2D eigenvalue weighted by Crippen LogP contribution is 2.27. The molecule has 0 spiro atoms. The highest BCUT2D eigenvalue weighted by molar-refractivity contribution is 6.32. The summed E-state index contributed by atoms with van der Waals surface area (Å²) in [5.74, 6) is 0.